The average molecular weight is 281 g/mol. The number of ether oxygens (including phenoxy) is 2. The molecule has 0 spiro atoms. The summed E-state index contributed by atoms with van der Waals surface area (Å²) in [6.07, 6.45) is 0. The predicted molar refractivity (Wildman–Crippen MR) is 78.1 cm³/mol. The minimum atomic E-state index is -0.359. The van der Waals surface area contributed by atoms with Crippen LogP contribution in [0.5, 0.6) is 5.75 Å². The Labute approximate surface area is 123 Å². The van der Waals surface area contributed by atoms with Crippen molar-refractivity contribution in [2.24, 2.45) is 0 Å². The zero-order chi connectivity index (χ0) is 15.1. The lowest BCUT2D eigenvalue weighted by molar-refractivity contribution is 0.0450. The molecule has 2 aromatic carbocycles. The van der Waals surface area contributed by atoms with E-state index in [0.29, 0.717) is 16.9 Å². The molecule has 0 unspecified atom stereocenters. The second-order valence-corrected chi connectivity index (χ2v) is 4.49. The van der Waals surface area contributed by atoms with E-state index < -0.39 is 0 Å². The van der Waals surface area contributed by atoms with Crippen LogP contribution in [-0.2, 0) is 4.74 Å². The third-order valence-corrected chi connectivity index (χ3v) is 2.82. The molecule has 0 N–H and O–H groups in total. The summed E-state index contributed by atoms with van der Waals surface area (Å²) >= 11 is 0. The summed E-state index contributed by atoms with van der Waals surface area (Å²) in [5.41, 5.74) is 2.12. The highest BCUT2D eigenvalue weighted by atomic mass is 16.6. The number of rotatable bonds is 5. The van der Waals surface area contributed by atoms with Gasteiger partial charge < -0.3 is 9.47 Å². The fourth-order valence-corrected chi connectivity index (χ4v) is 1.77. The third kappa shape index (κ3) is 4.36. The molecule has 0 saturated carbocycles. The summed E-state index contributed by atoms with van der Waals surface area (Å²) in [6, 6.07) is 16.0. The molecule has 4 heteroatoms. The first kappa shape index (κ1) is 14.6. The van der Waals surface area contributed by atoms with Gasteiger partial charge in [-0.3, -0.25) is 0 Å². The molecule has 0 radical (unpaired) electrons. The second-order valence-electron chi connectivity index (χ2n) is 4.49. The van der Waals surface area contributed by atoms with Crippen molar-refractivity contribution in [2.45, 2.75) is 6.92 Å². The predicted octanol–water partition coefficient (Wildman–Crippen LogP) is 3.10. The van der Waals surface area contributed by atoms with Crippen LogP contribution in [0.1, 0.15) is 21.5 Å². The van der Waals surface area contributed by atoms with Crippen LogP contribution in [0.4, 0.5) is 0 Å². The van der Waals surface area contributed by atoms with Gasteiger partial charge in [-0.1, -0.05) is 17.7 Å². The lowest BCUT2D eigenvalue weighted by atomic mass is 10.1. The van der Waals surface area contributed by atoms with Gasteiger partial charge in [0.05, 0.1) is 17.2 Å². The van der Waals surface area contributed by atoms with Crippen LogP contribution in [0, 0.1) is 18.3 Å². The van der Waals surface area contributed by atoms with Crippen LogP contribution in [0.2, 0.25) is 0 Å². The summed E-state index contributed by atoms with van der Waals surface area (Å²) in [5, 5.41) is 8.68. The second kappa shape index (κ2) is 7.11. The Hall–Kier alpha value is -2.80. The lowest BCUT2D eigenvalue weighted by Gasteiger charge is -2.07. The Morgan fingerprint density at radius 3 is 2.57 bits per heavy atom. The van der Waals surface area contributed by atoms with Crippen molar-refractivity contribution in [1.82, 2.24) is 0 Å². The number of hydrogen-bond donors (Lipinski definition) is 0. The smallest absolute Gasteiger partial charge is 0.338 e. The SMILES string of the molecule is Cc1cccc(C(=O)OCCOc2ccc(C#N)cc2)c1. The molecular weight excluding hydrogens is 266 g/mol. The number of carbonyl (C=O) groups excluding carboxylic acids is 1. The van der Waals surface area contributed by atoms with Crippen molar-refractivity contribution < 1.29 is 14.3 Å². The topological polar surface area (TPSA) is 59.3 Å². The Bertz CT molecular complexity index is 656. The third-order valence-electron chi connectivity index (χ3n) is 2.82. The van der Waals surface area contributed by atoms with Crippen LogP contribution in [0.3, 0.4) is 0 Å². The van der Waals surface area contributed by atoms with Gasteiger partial charge in [-0.2, -0.15) is 5.26 Å². The Balaban J connectivity index is 1.76. The van der Waals surface area contributed by atoms with Crippen molar-refractivity contribution in [3.63, 3.8) is 0 Å². The number of nitriles is 1. The number of carbonyl (C=O) groups is 1. The maximum absolute atomic E-state index is 11.8. The quantitative estimate of drug-likeness (QED) is 0.624. The highest BCUT2D eigenvalue weighted by molar-refractivity contribution is 5.89. The van der Waals surface area contributed by atoms with Gasteiger partial charge in [0.25, 0.3) is 0 Å². The van der Waals surface area contributed by atoms with Gasteiger partial charge in [0.15, 0.2) is 0 Å². The van der Waals surface area contributed by atoms with E-state index >= 15 is 0 Å². The van der Waals surface area contributed by atoms with Crippen molar-refractivity contribution >= 4 is 5.97 Å². The van der Waals surface area contributed by atoms with Crippen LogP contribution in [0.25, 0.3) is 0 Å². The van der Waals surface area contributed by atoms with Gasteiger partial charge in [0.2, 0.25) is 0 Å². The summed E-state index contributed by atoms with van der Waals surface area (Å²) in [5.74, 6) is 0.280. The lowest BCUT2D eigenvalue weighted by Crippen LogP contribution is -2.12. The fraction of sp³-hybridized carbons (Fsp3) is 0.176. The average Bonchev–Trinajstić information content (AvgIpc) is 2.52. The standard InChI is InChI=1S/C17H15NO3/c1-13-3-2-4-15(11-13)17(19)21-10-9-20-16-7-5-14(12-18)6-8-16/h2-8,11H,9-10H2,1H3. The minimum absolute atomic E-state index is 0.173. The van der Waals surface area contributed by atoms with Crippen LogP contribution < -0.4 is 4.74 Å². The van der Waals surface area contributed by atoms with E-state index in [9.17, 15) is 4.79 Å². The van der Waals surface area contributed by atoms with E-state index in [4.69, 9.17) is 14.7 Å². The Morgan fingerprint density at radius 2 is 1.90 bits per heavy atom. The molecule has 21 heavy (non-hydrogen) atoms. The number of hydrogen-bond acceptors (Lipinski definition) is 4. The highest BCUT2D eigenvalue weighted by Crippen LogP contribution is 2.11. The molecule has 106 valence electrons. The molecule has 2 rings (SSSR count). The van der Waals surface area contributed by atoms with Crippen LogP contribution in [0.15, 0.2) is 48.5 Å². The number of esters is 1. The fourth-order valence-electron chi connectivity index (χ4n) is 1.77. The summed E-state index contributed by atoms with van der Waals surface area (Å²) < 4.78 is 10.6. The molecule has 2 aromatic rings. The van der Waals surface area contributed by atoms with E-state index in [1.165, 1.54) is 0 Å². The Morgan fingerprint density at radius 1 is 1.14 bits per heavy atom. The first-order valence-corrected chi connectivity index (χ1v) is 6.56. The van der Waals surface area contributed by atoms with Gasteiger partial charge >= 0.3 is 5.97 Å². The largest absolute Gasteiger partial charge is 0.490 e. The van der Waals surface area contributed by atoms with Gasteiger partial charge in [0, 0.05) is 0 Å². The summed E-state index contributed by atoms with van der Waals surface area (Å²) in [6.45, 7) is 2.36. The molecule has 0 saturated heterocycles. The first-order chi connectivity index (χ1) is 10.2. The van der Waals surface area contributed by atoms with Crippen molar-refractivity contribution in [3.8, 4) is 11.8 Å². The molecule has 0 aliphatic carbocycles. The summed E-state index contributed by atoms with van der Waals surface area (Å²) in [4.78, 5) is 11.8. The Kier molecular flexibility index (Phi) is 4.94. The maximum Gasteiger partial charge on any atom is 0.338 e. The number of aryl methyl sites for hydroxylation is 1. The van der Waals surface area contributed by atoms with Gasteiger partial charge in [0.1, 0.15) is 19.0 Å². The summed E-state index contributed by atoms with van der Waals surface area (Å²) in [7, 11) is 0. The first-order valence-electron chi connectivity index (χ1n) is 6.56. The van der Waals surface area contributed by atoms with E-state index in [-0.39, 0.29) is 19.2 Å². The van der Waals surface area contributed by atoms with E-state index in [2.05, 4.69) is 0 Å². The maximum atomic E-state index is 11.8. The highest BCUT2D eigenvalue weighted by Gasteiger charge is 2.06. The molecule has 0 bridgehead atoms. The number of nitrogens with zero attached hydrogens (tertiary/aromatic N) is 1. The van der Waals surface area contributed by atoms with Gasteiger partial charge in [-0.05, 0) is 43.3 Å². The van der Waals surface area contributed by atoms with Crippen LogP contribution in [-0.4, -0.2) is 19.2 Å². The van der Waals surface area contributed by atoms with E-state index in [1.807, 2.05) is 25.1 Å². The number of benzene rings is 2. The van der Waals surface area contributed by atoms with Crippen LogP contribution >= 0.6 is 0 Å². The monoisotopic (exact) mass is 281 g/mol. The zero-order valence-corrected chi connectivity index (χ0v) is 11.7. The van der Waals surface area contributed by atoms with E-state index in [1.54, 1.807) is 36.4 Å². The van der Waals surface area contributed by atoms with Crippen molar-refractivity contribution in [3.05, 3.63) is 65.2 Å². The minimum Gasteiger partial charge on any atom is -0.490 e. The zero-order valence-electron chi connectivity index (χ0n) is 11.7. The van der Waals surface area contributed by atoms with E-state index in [0.717, 1.165) is 5.56 Å². The van der Waals surface area contributed by atoms with Crippen molar-refractivity contribution in [2.75, 3.05) is 13.2 Å². The van der Waals surface area contributed by atoms with Gasteiger partial charge in [-0.25, -0.2) is 4.79 Å². The van der Waals surface area contributed by atoms with Crippen molar-refractivity contribution in [1.29, 1.82) is 5.26 Å². The molecule has 0 heterocycles. The molecule has 0 aliphatic rings. The molecule has 0 aromatic heterocycles. The van der Waals surface area contributed by atoms with Gasteiger partial charge in [-0.15, -0.1) is 0 Å². The molecular formula is C17H15NO3. The molecule has 0 amide bonds. The molecule has 0 fully saturated rings. The molecule has 0 atom stereocenters. The molecule has 4 nitrogen and oxygen atoms in total. The molecule has 0 aliphatic heterocycles. The normalized spacial score (nSPS) is 9.71.